The lowest BCUT2D eigenvalue weighted by atomic mass is 9.71. The average molecular weight is 335 g/mol. The molecule has 0 saturated carbocycles. The average Bonchev–Trinajstić information content (AvgIpc) is 2.68. The van der Waals surface area contributed by atoms with Crippen LogP contribution in [0.2, 0.25) is 0 Å². The summed E-state index contributed by atoms with van der Waals surface area (Å²) in [5, 5.41) is 11.2. The van der Waals surface area contributed by atoms with Gasteiger partial charge in [-0.05, 0) is 60.7 Å². The molecule has 25 heavy (non-hydrogen) atoms. The molecule has 2 bridgehead atoms. The fraction of sp³-hybridized carbons (Fsp3) is 0.364. The van der Waals surface area contributed by atoms with Gasteiger partial charge in [0, 0.05) is 6.54 Å². The van der Waals surface area contributed by atoms with E-state index >= 15 is 0 Å². The van der Waals surface area contributed by atoms with Crippen LogP contribution < -0.4 is 4.74 Å². The van der Waals surface area contributed by atoms with Crippen LogP contribution >= 0.6 is 0 Å². The number of benzene rings is 2. The van der Waals surface area contributed by atoms with Crippen molar-refractivity contribution in [3.05, 3.63) is 65.2 Å². The van der Waals surface area contributed by atoms with E-state index in [2.05, 4.69) is 41.3 Å². The Morgan fingerprint density at radius 2 is 1.52 bits per heavy atom. The summed E-state index contributed by atoms with van der Waals surface area (Å²) in [5.74, 6) is 1.27. The third-order valence-corrected chi connectivity index (χ3v) is 5.72. The molecule has 3 saturated heterocycles. The summed E-state index contributed by atoms with van der Waals surface area (Å²) < 4.78 is 5.18. The Kier molecular flexibility index (Phi) is 4.36. The molecule has 1 unspecified atom stereocenters. The fourth-order valence-electron chi connectivity index (χ4n) is 4.16. The standard InChI is InChI=1S/C22H25NO2/c1-25-21-10-6-18(7-11-21)3-2-17-4-8-19(9-5-17)22(24)16-23-14-12-20(22)13-15-23/h2-11,20,24H,12-16H2,1H3. The Balaban J connectivity index is 1.49. The monoisotopic (exact) mass is 335 g/mol. The molecule has 0 radical (unpaired) electrons. The Hall–Kier alpha value is -2.10. The summed E-state index contributed by atoms with van der Waals surface area (Å²) in [4.78, 5) is 2.39. The smallest absolute Gasteiger partial charge is 0.118 e. The molecule has 1 N–H and O–H groups in total. The molecule has 0 aromatic heterocycles. The van der Waals surface area contributed by atoms with Gasteiger partial charge in [0.05, 0.1) is 7.11 Å². The van der Waals surface area contributed by atoms with Gasteiger partial charge >= 0.3 is 0 Å². The van der Waals surface area contributed by atoms with Gasteiger partial charge in [-0.3, -0.25) is 0 Å². The van der Waals surface area contributed by atoms with Crippen molar-refractivity contribution in [2.75, 3.05) is 26.7 Å². The van der Waals surface area contributed by atoms with E-state index in [4.69, 9.17) is 4.74 Å². The summed E-state index contributed by atoms with van der Waals surface area (Å²) >= 11 is 0. The predicted molar refractivity (Wildman–Crippen MR) is 101 cm³/mol. The number of methoxy groups -OCH3 is 1. The maximum Gasteiger partial charge on any atom is 0.118 e. The van der Waals surface area contributed by atoms with Crippen LogP contribution in [-0.2, 0) is 5.60 Å². The molecule has 3 aliphatic heterocycles. The van der Waals surface area contributed by atoms with Crippen molar-refractivity contribution in [1.82, 2.24) is 4.90 Å². The van der Waals surface area contributed by atoms with Crippen molar-refractivity contribution in [2.24, 2.45) is 5.92 Å². The van der Waals surface area contributed by atoms with E-state index in [9.17, 15) is 5.11 Å². The second kappa shape index (κ2) is 6.66. The second-order valence-corrected chi connectivity index (χ2v) is 7.20. The van der Waals surface area contributed by atoms with Gasteiger partial charge in [-0.2, -0.15) is 0 Å². The highest BCUT2D eigenvalue weighted by Crippen LogP contribution is 2.42. The van der Waals surface area contributed by atoms with Gasteiger partial charge in [-0.25, -0.2) is 0 Å². The second-order valence-electron chi connectivity index (χ2n) is 7.20. The maximum atomic E-state index is 11.2. The third-order valence-electron chi connectivity index (χ3n) is 5.72. The van der Waals surface area contributed by atoms with Crippen LogP contribution in [0.5, 0.6) is 5.75 Å². The minimum Gasteiger partial charge on any atom is -0.497 e. The van der Waals surface area contributed by atoms with Crippen LogP contribution in [0.15, 0.2) is 48.5 Å². The molecule has 3 fully saturated rings. The summed E-state index contributed by atoms with van der Waals surface area (Å²) in [6.45, 7) is 3.05. The van der Waals surface area contributed by atoms with Gasteiger partial charge in [0.15, 0.2) is 0 Å². The lowest BCUT2D eigenvalue weighted by Gasteiger charge is -2.50. The fourth-order valence-corrected chi connectivity index (χ4v) is 4.16. The molecule has 3 nitrogen and oxygen atoms in total. The number of aliphatic hydroxyl groups is 1. The lowest BCUT2D eigenvalue weighted by molar-refractivity contribution is -0.117. The summed E-state index contributed by atoms with van der Waals surface area (Å²) in [6, 6.07) is 16.4. The molecule has 0 amide bonds. The Bertz CT molecular complexity index is 743. The molecule has 3 heterocycles. The van der Waals surface area contributed by atoms with E-state index in [1.807, 2.05) is 24.3 Å². The van der Waals surface area contributed by atoms with Crippen LogP contribution in [0.3, 0.4) is 0 Å². The number of fused-ring (bicyclic) bond motifs is 3. The number of ether oxygens (including phenoxy) is 1. The van der Waals surface area contributed by atoms with Crippen LogP contribution in [0.25, 0.3) is 12.2 Å². The third kappa shape index (κ3) is 3.22. The normalized spacial score (nSPS) is 28.4. The molecule has 0 spiro atoms. The van der Waals surface area contributed by atoms with Crippen molar-refractivity contribution < 1.29 is 9.84 Å². The van der Waals surface area contributed by atoms with E-state index in [-0.39, 0.29) is 0 Å². The number of rotatable bonds is 4. The number of hydrogen-bond donors (Lipinski definition) is 1. The maximum absolute atomic E-state index is 11.2. The largest absolute Gasteiger partial charge is 0.497 e. The zero-order chi connectivity index (χ0) is 17.3. The van der Waals surface area contributed by atoms with E-state index in [0.717, 1.165) is 54.9 Å². The van der Waals surface area contributed by atoms with Gasteiger partial charge in [0.2, 0.25) is 0 Å². The van der Waals surface area contributed by atoms with E-state index in [1.165, 1.54) is 0 Å². The van der Waals surface area contributed by atoms with Crippen molar-refractivity contribution in [1.29, 1.82) is 0 Å². The molecule has 3 aliphatic rings. The van der Waals surface area contributed by atoms with Crippen molar-refractivity contribution in [3.63, 3.8) is 0 Å². The van der Waals surface area contributed by atoms with Crippen LogP contribution in [0.4, 0.5) is 0 Å². The summed E-state index contributed by atoms with van der Waals surface area (Å²) in [7, 11) is 1.68. The minimum atomic E-state index is -0.672. The Morgan fingerprint density at radius 3 is 2.00 bits per heavy atom. The SMILES string of the molecule is COc1ccc(C=Cc2ccc(C3(O)CN4CCC3CC4)cc2)cc1. The highest BCUT2D eigenvalue weighted by Gasteiger charge is 2.46. The molecule has 3 heteroatoms. The zero-order valence-electron chi connectivity index (χ0n) is 14.7. The highest BCUT2D eigenvalue weighted by molar-refractivity contribution is 5.70. The molecule has 5 rings (SSSR count). The van der Waals surface area contributed by atoms with Gasteiger partial charge in [0.1, 0.15) is 11.4 Å². The van der Waals surface area contributed by atoms with Gasteiger partial charge in [-0.15, -0.1) is 0 Å². The topological polar surface area (TPSA) is 32.7 Å². The Morgan fingerprint density at radius 1 is 0.960 bits per heavy atom. The summed E-state index contributed by atoms with van der Waals surface area (Å²) in [5.41, 5.74) is 2.67. The first kappa shape index (κ1) is 16.4. The van der Waals surface area contributed by atoms with Crippen LogP contribution in [-0.4, -0.2) is 36.8 Å². The molecular weight excluding hydrogens is 310 g/mol. The first-order valence-electron chi connectivity index (χ1n) is 9.05. The van der Waals surface area contributed by atoms with Gasteiger partial charge < -0.3 is 14.7 Å². The lowest BCUT2D eigenvalue weighted by Crippen LogP contribution is -2.57. The number of nitrogens with zero attached hydrogens (tertiary/aromatic N) is 1. The van der Waals surface area contributed by atoms with Crippen molar-refractivity contribution in [3.8, 4) is 5.75 Å². The molecule has 2 aromatic carbocycles. The van der Waals surface area contributed by atoms with Crippen molar-refractivity contribution in [2.45, 2.75) is 18.4 Å². The minimum absolute atomic E-state index is 0.401. The number of piperidine rings is 3. The van der Waals surface area contributed by atoms with E-state index in [1.54, 1.807) is 7.11 Å². The quantitative estimate of drug-likeness (QED) is 0.863. The molecule has 2 aromatic rings. The molecule has 0 aliphatic carbocycles. The first-order chi connectivity index (χ1) is 12.2. The first-order valence-corrected chi connectivity index (χ1v) is 9.05. The molecule has 1 atom stereocenters. The zero-order valence-corrected chi connectivity index (χ0v) is 14.7. The van der Waals surface area contributed by atoms with Crippen molar-refractivity contribution >= 4 is 12.2 Å². The van der Waals surface area contributed by atoms with Crippen LogP contribution in [0, 0.1) is 5.92 Å². The summed E-state index contributed by atoms with van der Waals surface area (Å²) in [6.07, 6.45) is 6.41. The van der Waals surface area contributed by atoms with Gasteiger partial charge in [0.25, 0.3) is 0 Å². The highest BCUT2D eigenvalue weighted by atomic mass is 16.5. The number of hydrogen-bond acceptors (Lipinski definition) is 3. The predicted octanol–water partition coefficient (Wildman–Crippen LogP) is 3.78. The molecule has 130 valence electrons. The Labute approximate surface area is 149 Å². The van der Waals surface area contributed by atoms with Gasteiger partial charge in [-0.1, -0.05) is 48.6 Å². The van der Waals surface area contributed by atoms with Crippen LogP contribution in [0.1, 0.15) is 29.5 Å². The van der Waals surface area contributed by atoms with E-state index < -0.39 is 5.60 Å². The molecular formula is C22H25NO2. The van der Waals surface area contributed by atoms with E-state index in [0.29, 0.717) is 5.92 Å².